The van der Waals surface area contributed by atoms with Crippen LogP contribution in [0.2, 0.25) is 0 Å². The maximum absolute atomic E-state index is 12.3. The fourth-order valence-electron chi connectivity index (χ4n) is 3.33. The van der Waals surface area contributed by atoms with E-state index in [1.807, 2.05) is 49.4 Å². The highest BCUT2D eigenvalue weighted by atomic mass is 16.6. The number of carbonyl (C=O) groups excluding carboxylic acids is 2. The van der Waals surface area contributed by atoms with Gasteiger partial charge in [-0.2, -0.15) is 5.10 Å². The van der Waals surface area contributed by atoms with Gasteiger partial charge in [0.25, 0.3) is 11.8 Å². The number of hydrazone groups is 1. The van der Waals surface area contributed by atoms with Gasteiger partial charge in [0, 0.05) is 5.56 Å². The highest BCUT2D eigenvalue weighted by Crippen LogP contribution is 2.31. The summed E-state index contributed by atoms with van der Waals surface area (Å²) < 4.78 is 16.8. The Balaban J connectivity index is 1.34. The molecular weight excluding hydrogens is 410 g/mol. The molecule has 1 heterocycles. The Hall–Kier alpha value is -4.07. The molecule has 0 radical (unpaired) electrons. The van der Waals surface area contributed by atoms with E-state index in [1.54, 1.807) is 24.4 Å². The number of nitrogens with zero attached hydrogens (tertiary/aromatic N) is 1. The fraction of sp³-hybridized carbons (Fsp3) is 0.208. The zero-order chi connectivity index (χ0) is 22.3. The number of para-hydroxylation sites is 2. The molecule has 8 nitrogen and oxygen atoms in total. The molecule has 0 saturated heterocycles. The summed E-state index contributed by atoms with van der Waals surface area (Å²) in [5, 5.41) is 8.57. The summed E-state index contributed by atoms with van der Waals surface area (Å²) in [6, 6.07) is 18.8. The first-order valence-corrected chi connectivity index (χ1v) is 10.3. The average molecular weight is 433 g/mol. The van der Waals surface area contributed by atoms with Crippen LogP contribution in [-0.2, 0) is 9.59 Å². The Morgan fingerprint density at radius 3 is 2.72 bits per heavy atom. The largest absolute Gasteiger partial charge is 0.493 e. The predicted octanol–water partition coefficient (Wildman–Crippen LogP) is 2.64. The third-order valence-electron chi connectivity index (χ3n) is 4.84. The van der Waals surface area contributed by atoms with Crippen LogP contribution in [0.3, 0.4) is 0 Å². The van der Waals surface area contributed by atoms with Crippen LogP contribution in [0.25, 0.3) is 10.8 Å². The topological polar surface area (TPSA) is 98.2 Å². The van der Waals surface area contributed by atoms with Crippen molar-refractivity contribution in [2.24, 2.45) is 5.10 Å². The summed E-state index contributed by atoms with van der Waals surface area (Å²) in [4.78, 5) is 24.5. The van der Waals surface area contributed by atoms with E-state index in [0.717, 1.165) is 16.3 Å². The quantitative estimate of drug-likeness (QED) is 0.441. The third kappa shape index (κ3) is 4.80. The third-order valence-corrected chi connectivity index (χ3v) is 4.84. The molecule has 0 fully saturated rings. The van der Waals surface area contributed by atoms with Crippen LogP contribution in [-0.4, -0.2) is 43.9 Å². The standard InChI is InChI=1S/C24H23N3O5/c1-2-30-19-12-11-16-7-3-4-8-17(16)18(19)13-26-27-23(28)14-25-24(29)22-15-31-20-9-5-6-10-21(20)32-22/h3-13,22H,2,14-15H2,1H3,(H,25,29)(H,27,28)/b26-13-. The Morgan fingerprint density at radius 1 is 1.09 bits per heavy atom. The Labute approximate surface area is 185 Å². The Bertz CT molecular complexity index is 1160. The first-order chi connectivity index (χ1) is 15.7. The summed E-state index contributed by atoms with van der Waals surface area (Å²) in [5.41, 5.74) is 3.19. The van der Waals surface area contributed by atoms with Crippen molar-refractivity contribution in [2.75, 3.05) is 19.8 Å². The zero-order valence-corrected chi connectivity index (χ0v) is 17.5. The molecule has 3 aromatic carbocycles. The van der Waals surface area contributed by atoms with Crippen LogP contribution in [0.4, 0.5) is 0 Å². The van der Waals surface area contributed by atoms with Crippen molar-refractivity contribution < 1.29 is 23.8 Å². The van der Waals surface area contributed by atoms with Crippen molar-refractivity contribution in [1.82, 2.24) is 10.7 Å². The fourth-order valence-corrected chi connectivity index (χ4v) is 3.33. The number of carbonyl (C=O) groups is 2. The number of hydrogen-bond acceptors (Lipinski definition) is 6. The van der Waals surface area contributed by atoms with Crippen LogP contribution in [0.15, 0.2) is 65.8 Å². The molecule has 32 heavy (non-hydrogen) atoms. The molecule has 1 aliphatic heterocycles. The second kappa shape index (κ2) is 9.82. The molecule has 2 amide bonds. The van der Waals surface area contributed by atoms with Gasteiger partial charge in [-0.1, -0.05) is 42.5 Å². The van der Waals surface area contributed by atoms with Gasteiger partial charge in [0.1, 0.15) is 12.4 Å². The molecule has 0 aromatic heterocycles. The van der Waals surface area contributed by atoms with Gasteiger partial charge in [0.15, 0.2) is 11.5 Å². The van der Waals surface area contributed by atoms with E-state index < -0.39 is 17.9 Å². The summed E-state index contributed by atoms with van der Waals surface area (Å²) in [5.74, 6) is 0.847. The lowest BCUT2D eigenvalue weighted by molar-refractivity contribution is -0.132. The molecule has 3 aromatic rings. The molecule has 2 N–H and O–H groups in total. The lowest BCUT2D eigenvalue weighted by Crippen LogP contribution is -2.46. The van der Waals surface area contributed by atoms with E-state index >= 15 is 0 Å². The maximum atomic E-state index is 12.3. The average Bonchev–Trinajstić information content (AvgIpc) is 2.83. The predicted molar refractivity (Wildman–Crippen MR) is 120 cm³/mol. The summed E-state index contributed by atoms with van der Waals surface area (Å²) in [6.07, 6.45) is 0.716. The number of hydrogen-bond donors (Lipinski definition) is 2. The number of fused-ring (bicyclic) bond motifs is 2. The summed E-state index contributed by atoms with van der Waals surface area (Å²) in [7, 11) is 0. The monoisotopic (exact) mass is 433 g/mol. The smallest absolute Gasteiger partial charge is 0.265 e. The van der Waals surface area contributed by atoms with Gasteiger partial charge in [-0.05, 0) is 35.9 Å². The van der Waals surface area contributed by atoms with Crippen LogP contribution >= 0.6 is 0 Å². The normalized spacial score (nSPS) is 14.8. The maximum Gasteiger partial charge on any atom is 0.265 e. The van der Waals surface area contributed by atoms with E-state index in [2.05, 4.69) is 15.8 Å². The molecule has 8 heteroatoms. The van der Waals surface area contributed by atoms with Gasteiger partial charge in [0.05, 0.1) is 19.4 Å². The number of amides is 2. The molecule has 0 bridgehead atoms. The van der Waals surface area contributed by atoms with Crippen LogP contribution < -0.4 is 25.0 Å². The van der Waals surface area contributed by atoms with Crippen molar-refractivity contribution >= 4 is 28.8 Å². The van der Waals surface area contributed by atoms with Crippen molar-refractivity contribution in [1.29, 1.82) is 0 Å². The minimum Gasteiger partial charge on any atom is -0.493 e. The van der Waals surface area contributed by atoms with Gasteiger partial charge in [-0.25, -0.2) is 5.43 Å². The first-order valence-electron chi connectivity index (χ1n) is 10.3. The van der Waals surface area contributed by atoms with E-state index in [1.165, 1.54) is 0 Å². The highest BCUT2D eigenvalue weighted by Gasteiger charge is 2.27. The second-order valence-corrected chi connectivity index (χ2v) is 7.01. The Morgan fingerprint density at radius 2 is 1.88 bits per heavy atom. The van der Waals surface area contributed by atoms with Crippen LogP contribution in [0.1, 0.15) is 12.5 Å². The Kier molecular flexibility index (Phi) is 6.50. The molecule has 0 saturated carbocycles. The molecule has 1 aliphatic rings. The van der Waals surface area contributed by atoms with Crippen molar-refractivity contribution in [3.63, 3.8) is 0 Å². The van der Waals surface area contributed by atoms with E-state index in [4.69, 9.17) is 14.2 Å². The second-order valence-electron chi connectivity index (χ2n) is 7.01. The van der Waals surface area contributed by atoms with Crippen LogP contribution in [0, 0.1) is 0 Å². The summed E-state index contributed by atoms with van der Waals surface area (Å²) >= 11 is 0. The van der Waals surface area contributed by atoms with Crippen molar-refractivity contribution in [3.05, 3.63) is 66.2 Å². The van der Waals surface area contributed by atoms with Gasteiger partial charge < -0.3 is 19.5 Å². The van der Waals surface area contributed by atoms with Gasteiger partial charge in [-0.15, -0.1) is 0 Å². The van der Waals surface area contributed by atoms with Gasteiger partial charge in [0.2, 0.25) is 6.10 Å². The number of rotatable bonds is 7. The lowest BCUT2D eigenvalue weighted by Gasteiger charge is -2.25. The minimum atomic E-state index is -0.828. The van der Waals surface area contributed by atoms with E-state index in [-0.39, 0.29) is 13.2 Å². The first kappa shape index (κ1) is 21.2. The summed E-state index contributed by atoms with van der Waals surface area (Å²) in [6.45, 7) is 2.24. The SMILES string of the molecule is CCOc1ccc2ccccc2c1/C=N\NC(=O)CNC(=O)C1COc2ccccc2O1. The molecule has 0 spiro atoms. The molecular formula is C24H23N3O5. The highest BCUT2D eigenvalue weighted by molar-refractivity contribution is 6.02. The van der Waals surface area contributed by atoms with Crippen molar-refractivity contribution in [3.8, 4) is 17.2 Å². The van der Waals surface area contributed by atoms with E-state index in [9.17, 15) is 9.59 Å². The minimum absolute atomic E-state index is 0.0733. The van der Waals surface area contributed by atoms with E-state index in [0.29, 0.717) is 23.9 Å². The molecule has 4 rings (SSSR count). The molecule has 1 unspecified atom stereocenters. The van der Waals surface area contributed by atoms with Crippen LogP contribution in [0.5, 0.6) is 17.2 Å². The molecule has 164 valence electrons. The number of ether oxygens (including phenoxy) is 3. The lowest BCUT2D eigenvalue weighted by atomic mass is 10.0. The molecule has 0 aliphatic carbocycles. The van der Waals surface area contributed by atoms with Crippen molar-refractivity contribution in [2.45, 2.75) is 13.0 Å². The number of nitrogens with one attached hydrogen (secondary N) is 2. The number of benzene rings is 3. The van der Waals surface area contributed by atoms with Gasteiger partial charge in [-0.3, -0.25) is 9.59 Å². The van der Waals surface area contributed by atoms with Gasteiger partial charge >= 0.3 is 0 Å². The molecule has 1 atom stereocenters. The zero-order valence-electron chi connectivity index (χ0n) is 17.5.